The summed E-state index contributed by atoms with van der Waals surface area (Å²) in [6.07, 6.45) is 4.86. The molecule has 0 aliphatic rings. The molecule has 0 heterocycles. The van der Waals surface area contributed by atoms with Gasteiger partial charge >= 0.3 is 0 Å². The van der Waals surface area contributed by atoms with Crippen LogP contribution in [0.1, 0.15) is 41.0 Å². The molecule has 64 valence electrons. The molecule has 0 unspecified atom stereocenters. The van der Waals surface area contributed by atoms with E-state index in [0.717, 1.165) is 6.42 Å². The minimum absolute atomic E-state index is 0.217. The zero-order chi connectivity index (χ0) is 8.91. The molecule has 0 aliphatic heterocycles. The summed E-state index contributed by atoms with van der Waals surface area (Å²) in [5.41, 5.74) is 1.48. The summed E-state index contributed by atoms with van der Waals surface area (Å²) in [6.45, 7) is 10.7. The molecular weight excluding hydrogens is 134 g/mol. The lowest BCUT2D eigenvalue weighted by Crippen LogP contribution is -2.18. The predicted octanol–water partition coefficient (Wildman–Crippen LogP) is 3.42. The number of hydrogen-bond acceptors (Lipinski definition) is 1. The van der Waals surface area contributed by atoms with Crippen LogP contribution in [0.5, 0.6) is 0 Å². The lowest BCUT2D eigenvalue weighted by Gasteiger charge is -2.19. The lowest BCUT2D eigenvalue weighted by atomic mass is 9.88. The van der Waals surface area contributed by atoms with E-state index in [1.807, 2.05) is 19.2 Å². The maximum atomic E-state index is 4.37. The van der Waals surface area contributed by atoms with Crippen LogP contribution in [0, 0.1) is 5.41 Å². The first-order valence-corrected chi connectivity index (χ1v) is 4.20. The van der Waals surface area contributed by atoms with E-state index in [1.54, 1.807) is 0 Å². The molecule has 0 fully saturated rings. The fraction of sp³-hybridized carbons (Fsp3) is 0.700. The number of rotatable bonds is 2. The average Bonchev–Trinajstić information content (AvgIpc) is 1.87. The third-order valence-electron chi connectivity index (χ3n) is 1.58. The Hall–Kier alpha value is -0.590. The highest BCUT2D eigenvalue weighted by molar-refractivity contribution is 5.89. The van der Waals surface area contributed by atoms with Gasteiger partial charge in [0.1, 0.15) is 0 Å². The fourth-order valence-electron chi connectivity index (χ4n) is 0.980. The van der Waals surface area contributed by atoms with Gasteiger partial charge in [0, 0.05) is 17.3 Å². The van der Waals surface area contributed by atoms with Crippen molar-refractivity contribution in [2.45, 2.75) is 41.0 Å². The van der Waals surface area contributed by atoms with Gasteiger partial charge in [0.15, 0.2) is 0 Å². The van der Waals surface area contributed by atoms with Gasteiger partial charge < -0.3 is 0 Å². The third kappa shape index (κ3) is 3.97. The molecule has 0 aromatic heterocycles. The zero-order valence-electron chi connectivity index (χ0n) is 8.31. The number of hydrogen-bond donors (Lipinski definition) is 0. The van der Waals surface area contributed by atoms with Crippen molar-refractivity contribution in [2.75, 3.05) is 0 Å². The van der Waals surface area contributed by atoms with Crippen LogP contribution in [0.2, 0.25) is 0 Å². The smallest absolute Gasteiger partial charge is 0.0229 e. The molecule has 0 amide bonds. The monoisotopic (exact) mass is 153 g/mol. The van der Waals surface area contributed by atoms with E-state index in [1.165, 1.54) is 5.71 Å². The molecule has 0 saturated carbocycles. The van der Waals surface area contributed by atoms with Crippen molar-refractivity contribution in [1.82, 2.24) is 0 Å². The van der Waals surface area contributed by atoms with Crippen molar-refractivity contribution in [1.29, 1.82) is 0 Å². The molecule has 0 atom stereocenters. The van der Waals surface area contributed by atoms with Crippen molar-refractivity contribution in [3.05, 3.63) is 12.3 Å². The van der Waals surface area contributed by atoms with Gasteiger partial charge in [-0.05, 0) is 13.3 Å². The van der Waals surface area contributed by atoms with E-state index >= 15 is 0 Å². The molecule has 11 heavy (non-hydrogen) atoms. The topological polar surface area (TPSA) is 12.4 Å². The van der Waals surface area contributed by atoms with E-state index in [0.29, 0.717) is 0 Å². The Morgan fingerprint density at radius 1 is 1.36 bits per heavy atom. The van der Waals surface area contributed by atoms with Gasteiger partial charge in [-0.3, -0.25) is 4.99 Å². The van der Waals surface area contributed by atoms with Crippen molar-refractivity contribution in [3.8, 4) is 0 Å². The van der Waals surface area contributed by atoms with E-state index in [9.17, 15) is 0 Å². The molecule has 1 nitrogen and oxygen atoms in total. The van der Waals surface area contributed by atoms with E-state index < -0.39 is 0 Å². The largest absolute Gasteiger partial charge is 0.265 e. The number of nitrogens with zero attached hydrogens (tertiary/aromatic N) is 1. The predicted molar refractivity (Wildman–Crippen MR) is 52.0 cm³/mol. The van der Waals surface area contributed by atoms with Crippen LogP contribution >= 0.6 is 0 Å². The van der Waals surface area contributed by atoms with Gasteiger partial charge in [-0.2, -0.15) is 0 Å². The number of aliphatic imine (C=N–C) groups is 1. The average molecular weight is 153 g/mol. The zero-order valence-corrected chi connectivity index (χ0v) is 8.31. The SMILES string of the molecule is C/C=C\N=C(CC)C(C)(C)C. The van der Waals surface area contributed by atoms with E-state index in [2.05, 4.69) is 32.7 Å². The van der Waals surface area contributed by atoms with Gasteiger partial charge in [0.25, 0.3) is 0 Å². The minimum atomic E-state index is 0.217. The van der Waals surface area contributed by atoms with Crippen LogP contribution in [0.3, 0.4) is 0 Å². The highest BCUT2D eigenvalue weighted by Gasteiger charge is 2.15. The molecule has 0 aromatic rings. The van der Waals surface area contributed by atoms with Crippen LogP contribution in [-0.2, 0) is 0 Å². The van der Waals surface area contributed by atoms with Crippen LogP contribution in [-0.4, -0.2) is 5.71 Å². The van der Waals surface area contributed by atoms with E-state index in [-0.39, 0.29) is 5.41 Å². The Balaban J connectivity index is 4.40. The highest BCUT2D eigenvalue weighted by atomic mass is 14.7. The maximum Gasteiger partial charge on any atom is 0.0229 e. The Morgan fingerprint density at radius 2 is 1.91 bits per heavy atom. The van der Waals surface area contributed by atoms with Crippen LogP contribution in [0.15, 0.2) is 17.3 Å². The summed E-state index contributed by atoms with van der Waals surface area (Å²) in [5.74, 6) is 0. The lowest BCUT2D eigenvalue weighted by molar-refractivity contribution is 0.580. The van der Waals surface area contributed by atoms with Crippen molar-refractivity contribution in [2.24, 2.45) is 10.4 Å². The van der Waals surface area contributed by atoms with Gasteiger partial charge in [-0.25, -0.2) is 0 Å². The second-order valence-electron chi connectivity index (χ2n) is 3.66. The van der Waals surface area contributed by atoms with E-state index in [4.69, 9.17) is 0 Å². The molecule has 0 aliphatic carbocycles. The minimum Gasteiger partial charge on any atom is -0.265 e. The summed E-state index contributed by atoms with van der Waals surface area (Å²) >= 11 is 0. The standard InChI is InChI=1S/C10H19N/c1-6-8-11-9(7-2)10(3,4)5/h6,8H,7H2,1-5H3/b8-6-,11-9?. The molecule has 0 radical (unpaired) electrons. The summed E-state index contributed by atoms with van der Waals surface area (Å²) in [7, 11) is 0. The van der Waals surface area contributed by atoms with Crippen LogP contribution in [0.25, 0.3) is 0 Å². The second-order valence-corrected chi connectivity index (χ2v) is 3.66. The Kier molecular flexibility index (Phi) is 4.09. The first-order chi connectivity index (χ1) is 5.02. The maximum absolute atomic E-state index is 4.37. The molecule has 0 rings (SSSR count). The summed E-state index contributed by atoms with van der Waals surface area (Å²) in [6, 6.07) is 0. The fourth-order valence-corrected chi connectivity index (χ4v) is 0.980. The van der Waals surface area contributed by atoms with Gasteiger partial charge in [-0.15, -0.1) is 0 Å². The van der Waals surface area contributed by atoms with Crippen molar-refractivity contribution >= 4 is 5.71 Å². The molecule has 0 N–H and O–H groups in total. The Bertz CT molecular complexity index is 158. The summed E-state index contributed by atoms with van der Waals surface area (Å²) in [5, 5.41) is 0. The quantitative estimate of drug-likeness (QED) is 0.539. The van der Waals surface area contributed by atoms with Crippen LogP contribution < -0.4 is 0 Å². The van der Waals surface area contributed by atoms with Gasteiger partial charge in [-0.1, -0.05) is 33.8 Å². The first kappa shape index (κ1) is 10.4. The highest BCUT2D eigenvalue weighted by Crippen LogP contribution is 2.18. The Labute approximate surface area is 70.2 Å². The normalized spacial score (nSPS) is 14.5. The molecular formula is C10H19N. The van der Waals surface area contributed by atoms with Gasteiger partial charge in [0.2, 0.25) is 0 Å². The third-order valence-corrected chi connectivity index (χ3v) is 1.58. The summed E-state index contributed by atoms with van der Waals surface area (Å²) in [4.78, 5) is 4.37. The Morgan fingerprint density at radius 3 is 2.18 bits per heavy atom. The molecule has 0 spiro atoms. The number of allylic oxidation sites excluding steroid dienone is 1. The molecule has 0 saturated heterocycles. The van der Waals surface area contributed by atoms with Crippen molar-refractivity contribution in [3.63, 3.8) is 0 Å². The summed E-state index contributed by atoms with van der Waals surface area (Å²) < 4.78 is 0. The molecule has 0 bridgehead atoms. The second kappa shape index (κ2) is 4.32. The van der Waals surface area contributed by atoms with Gasteiger partial charge in [0.05, 0.1) is 0 Å². The van der Waals surface area contributed by atoms with Crippen molar-refractivity contribution < 1.29 is 0 Å². The molecule has 0 aromatic carbocycles. The first-order valence-electron chi connectivity index (χ1n) is 4.20. The molecule has 1 heteroatoms. The van der Waals surface area contributed by atoms with Crippen LogP contribution in [0.4, 0.5) is 0 Å².